The number of hydrogen-bond donors (Lipinski definition) is 0. The first-order valence-electron chi connectivity index (χ1n) is 8.92. The molecule has 4 fully saturated rings. The van der Waals surface area contributed by atoms with Gasteiger partial charge in [0, 0.05) is 11.9 Å². The summed E-state index contributed by atoms with van der Waals surface area (Å²) in [5.74, 6) is 1.74. The van der Waals surface area contributed by atoms with Crippen molar-refractivity contribution in [2.75, 3.05) is 7.11 Å². The van der Waals surface area contributed by atoms with Crippen molar-refractivity contribution < 1.29 is 49.0 Å². The quantitative estimate of drug-likeness (QED) is 0.486. The molecule has 0 spiro atoms. The first-order valence-corrected chi connectivity index (χ1v) is 8.92. The second-order valence-corrected chi connectivity index (χ2v) is 9.12. The molecule has 25 heavy (non-hydrogen) atoms. The zero-order valence-corrected chi connectivity index (χ0v) is 19.2. The predicted molar refractivity (Wildman–Crippen MR) is 91.2 cm³/mol. The van der Waals surface area contributed by atoms with Gasteiger partial charge in [-0.15, -0.1) is 12.4 Å². The summed E-state index contributed by atoms with van der Waals surface area (Å²) in [5.41, 5.74) is 0.708. The van der Waals surface area contributed by atoms with Gasteiger partial charge in [-0.3, -0.25) is 4.79 Å². The van der Waals surface area contributed by atoms with E-state index in [0.29, 0.717) is 28.6 Å². The van der Waals surface area contributed by atoms with E-state index in [1.807, 2.05) is 0 Å². The van der Waals surface area contributed by atoms with E-state index in [-0.39, 0.29) is 59.8 Å². The summed E-state index contributed by atoms with van der Waals surface area (Å²) in [5, 5.41) is 10.6. The second-order valence-electron chi connectivity index (χ2n) is 9.12. The molecule has 0 radical (unpaired) electrons. The van der Waals surface area contributed by atoms with Gasteiger partial charge in [-0.05, 0) is 60.2 Å². The molecule has 0 aromatic rings. The molecule has 4 aliphatic rings. The van der Waals surface area contributed by atoms with E-state index >= 15 is 0 Å². The van der Waals surface area contributed by atoms with Crippen LogP contribution in [0.1, 0.15) is 53.4 Å². The molecule has 0 aromatic carbocycles. The number of fused-ring (bicyclic) bond motifs is 2. The van der Waals surface area contributed by atoms with Crippen LogP contribution in [0.2, 0.25) is 0 Å². The Morgan fingerprint density at radius 1 is 0.880 bits per heavy atom. The first-order chi connectivity index (χ1) is 10.6. The first kappa shape index (κ1) is 23.3. The number of rotatable bonds is 2. The van der Waals surface area contributed by atoms with Crippen molar-refractivity contribution in [2.45, 2.75) is 53.4 Å². The number of carboxylic acid groups (broad SMARTS) is 1. The van der Waals surface area contributed by atoms with Crippen LogP contribution in [0.15, 0.2) is 0 Å². The summed E-state index contributed by atoms with van der Waals surface area (Å²) in [7, 11) is 1.49. The van der Waals surface area contributed by atoms with Crippen LogP contribution in [0.3, 0.4) is 0 Å². The monoisotopic (exact) mass is 380 g/mol. The smallest absolute Gasteiger partial charge is 0.550 e. The van der Waals surface area contributed by atoms with E-state index in [0.717, 1.165) is 25.2 Å². The van der Waals surface area contributed by atoms with Gasteiger partial charge in [-0.2, -0.15) is 0 Å². The van der Waals surface area contributed by atoms with Gasteiger partial charge in [0.2, 0.25) is 0 Å². The van der Waals surface area contributed by atoms with Crippen molar-refractivity contribution in [1.82, 2.24) is 0 Å². The Hall–Kier alpha value is 0.230. The number of hydrogen-bond acceptors (Lipinski definition) is 4. The zero-order valence-electron chi connectivity index (χ0n) is 16.3. The van der Waals surface area contributed by atoms with Crippen molar-refractivity contribution in [3.63, 3.8) is 0 Å². The molecule has 0 unspecified atom stereocenters. The normalized spacial score (nSPS) is 40.0. The van der Waals surface area contributed by atoms with Gasteiger partial charge in [-0.1, -0.05) is 27.7 Å². The third-order valence-electron chi connectivity index (χ3n) is 7.53. The third kappa shape index (κ3) is 3.79. The largest absolute Gasteiger partial charge is 1.00 e. The zero-order chi connectivity index (χ0) is 17.2. The Morgan fingerprint density at radius 2 is 1.28 bits per heavy atom. The number of carboxylic acids is 1. The summed E-state index contributed by atoms with van der Waals surface area (Å²) in [6.45, 7) is 8.85. The van der Waals surface area contributed by atoms with Crippen LogP contribution in [0.4, 0.5) is 0 Å². The van der Waals surface area contributed by atoms with Crippen molar-refractivity contribution in [1.29, 1.82) is 0 Å². The van der Waals surface area contributed by atoms with E-state index in [1.54, 1.807) is 0 Å². The maximum absolute atomic E-state index is 11.3. The average molecular weight is 381 g/mol. The molecule has 0 saturated heterocycles. The molecule has 0 N–H and O–H groups in total. The van der Waals surface area contributed by atoms with Crippen molar-refractivity contribution in [2.24, 2.45) is 46.3 Å². The van der Waals surface area contributed by atoms with Crippen LogP contribution in [0.5, 0.6) is 0 Å². The SMILES string of the molecule is CC1(C)[C@@H]2[C@@H](C(=O)[O-])CC[C@@H]21.COC(=O)[C@H]1CC[C@H]2[C@@H]1C2(C)C.Cl.[Na+]. The Morgan fingerprint density at radius 3 is 1.56 bits per heavy atom. The standard InChI is InChI=1S/C10H16O2.C9H14O2.ClH.Na/c1-10(2)7-5-4-6(8(7)10)9(11)12-3;1-9(2)6-4-3-5(7(6)9)8(10)11;;/h6-8H,4-5H2,1-3H3;5-7H,3-4H2,1-2H3,(H,10,11);1H;/q;;;+1/p-1/t6-,7-,8+;5-,6-,7+;;/m00../s1. The predicted octanol–water partition coefficient (Wildman–Crippen LogP) is -0.314. The number of ether oxygens (including phenoxy) is 1. The van der Waals surface area contributed by atoms with Crippen LogP contribution >= 0.6 is 12.4 Å². The van der Waals surface area contributed by atoms with Crippen LogP contribution < -0.4 is 34.7 Å². The molecule has 0 bridgehead atoms. The number of methoxy groups -OCH3 is 1. The summed E-state index contributed by atoms with van der Waals surface area (Å²) in [4.78, 5) is 21.9. The molecule has 6 atom stereocenters. The molecule has 4 aliphatic carbocycles. The Balaban J connectivity index is 0.000000232. The van der Waals surface area contributed by atoms with Gasteiger partial charge in [0.1, 0.15) is 0 Å². The molecule has 0 amide bonds. The fourth-order valence-corrected chi connectivity index (χ4v) is 6.03. The summed E-state index contributed by atoms with van der Waals surface area (Å²) >= 11 is 0. The van der Waals surface area contributed by atoms with Gasteiger partial charge >= 0.3 is 35.5 Å². The fourth-order valence-electron chi connectivity index (χ4n) is 6.03. The summed E-state index contributed by atoms with van der Waals surface area (Å²) in [6.07, 6.45) is 4.21. The minimum atomic E-state index is -0.830. The van der Waals surface area contributed by atoms with Gasteiger partial charge in [-0.25, -0.2) is 0 Å². The van der Waals surface area contributed by atoms with E-state index in [4.69, 9.17) is 4.74 Å². The Kier molecular flexibility index (Phi) is 7.16. The van der Waals surface area contributed by atoms with E-state index in [2.05, 4.69) is 27.7 Å². The molecular weight excluding hydrogens is 351 g/mol. The summed E-state index contributed by atoms with van der Waals surface area (Å²) < 4.78 is 4.79. The van der Waals surface area contributed by atoms with Crippen LogP contribution in [-0.4, -0.2) is 19.0 Å². The molecule has 4 saturated carbocycles. The van der Waals surface area contributed by atoms with Crippen LogP contribution in [0.25, 0.3) is 0 Å². The molecule has 6 heteroatoms. The van der Waals surface area contributed by atoms with Crippen molar-refractivity contribution >= 4 is 24.3 Å². The molecule has 0 aromatic heterocycles. The van der Waals surface area contributed by atoms with Crippen molar-refractivity contribution in [3.05, 3.63) is 0 Å². The topological polar surface area (TPSA) is 66.4 Å². The minimum Gasteiger partial charge on any atom is -0.550 e. The minimum absolute atomic E-state index is 0. The number of esters is 1. The molecule has 0 heterocycles. The van der Waals surface area contributed by atoms with Gasteiger partial charge in [0.15, 0.2) is 0 Å². The number of aliphatic carboxylic acids is 1. The van der Waals surface area contributed by atoms with Gasteiger partial charge in [0.05, 0.1) is 13.0 Å². The molecule has 0 aliphatic heterocycles. The maximum atomic E-state index is 11.3. The molecule has 4 rings (SSSR count). The average Bonchev–Trinajstić information content (AvgIpc) is 3.07. The summed E-state index contributed by atoms with van der Waals surface area (Å²) in [6, 6.07) is 0. The third-order valence-corrected chi connectivity index (χ3v) is 7.53. The molecule has 138 valence electrons. The number of carbonyl (C=O) groups is 2. The van der Waals surface area contributed by atoms with E-state index in [1.165, 1.54) is 13.5 Å². The Bertz CT molecular complexity index is 534. The van der Waals surface area contributed by atoms with Crippen LogP contribution in [0, 0.1) is 46.3 Å². The molecular formula is C19H30ClNaO4. The van der Waals surface area contributed by atoms with E-state index in [9.17, 15) is 14.7 Å². The van der Waals surface area contributed by atoms with Crippen LogP contribution in [-0.2, 0) is 14.3 Å². The molecule has 4 nitrogen and oxygen atoms in total. The Labute approximate surface area is 179 Å². The maximum Gasteiger partial charge on any atom is 1.00 e. The second kappa shape index (κ2) is 7.69. The fraction of sp³-hybridized carbons (Fsp3) is 0.895. The number of carbonyl (C=O) groups excluding carboxylic acids is 2. The van der Waals surface area contributed by atoms with Crippen molar-refractivity contribution in [3.8, 4) is 0 Å². The number of halogens is 1. The van der Waals surface area contributed by atoms with E-state index < -0.39 is 5.97 Å². The van der Waals surface area contributed by atoms with Gasteiger partial charge < -0.3 is 14.6 Å². The van der Waals surface area contributed by atoms with Gasteiger partial charge in [0.25, 0.3) is 0 Å².